The first-order chi connectivity index (χ1) is 11.0. The highest BCUT2D eigenvalue weighted by Gasteiger charge is 2.36. The van der Waals surface area contributed by atoms with Crippen molar-refractivity contribution in [1.29, 1.82) is 0 Å². The van der Waals surface area contributed by atoms with Gasteiger partial charge in [0.2, 0.25) is 0 Å². The van der Waals surface area contributed by atoms with Gasteiger partial charge in [0.05, 0.1) is 5.56 Å². The number of halogens is 2. The van der Waals surface area contributed by atoms with Gasteiger partial charge in [-0.25, -0.2) is 18.4 Å². The summed E-state index contributed by atoms with van der Waals surface area (Å²) in [5.41, 5.74) is 0.931. The predicted molar refractivity (Wildman–Crippen MR) is 81.3 cm³/mol. The number of benzene rings is 1. The molecule has 0 radical (unpaired) electrons. The van der Waals surface area contributed by atoms with Gasteiger partial charge in [-0.15, -0.1) is 0 Å². The van der Waals surface area contributed by atoms with E-state index in [0.717, 1.165) is 0 Å². The Labute approximate surface area is 138 Å². The summed E-state index contributed by atoms with van der Waals surface area (Å²) in [5.74, 6) is -7.92. The highest BCUT2D eigenvalue weighted by atomic mass is 32.2. The molecule has 0 fully saturated rings. The van der Waals surface area contributed by atoms with Crippen molar-refractivity contribution in [2.75, 3.05) is 19.0 Å². The molecule has 1 aromatic carbocycles. The van der Waals surface area contributed by atoms with Crippen molar-refractivity contribution >= 4 is 29.9 Å². The fourth-order valence-electron chi connectivity index (χ4n) is 1.77. The molecule has 0 aromatic heterocycles. The molecule has 11 heteroatoms. The van der Waals surface area contributed by atoms with Gasteiger partial charge in [-0.05, 0) is 11.6 Å². The van der Waals surface area contributed by atoms with Crippen LogP contribution in [0.4, 0.5) is 8.78 Å². The minimum Gasteiger partial charge on any atom is -0.457 e. The van der Waals surface area contributed by atoms with Crippen molar-refractivity contribution < 1.29 is 40.8 Å². The lowest BCUT2D eigenvalue weighted by atomic mass is 9.93. The summed E-state index contributed by atoms with van der Waals surface area (Å²) in [6.07, 6.45) is 0.553. The first-order valence-corrected chi connectivity index (χ1v) is 8.38. The smallest absolute Gasteiger partial charge is 0.344 e. The minimum absolute atomic E-state index is 0.240. The summed E-state index contributed by atoms with van der Waals surface area (Å²) in [5, 5.41) is 0. The van der Waals surface area contributed by atoms with E-state index in [0.29, 0.717) is 11.9 Å². The van der Waals surface area contributed by atoms with Crippen molar-refractivity contribution in [3.8, 4) is 0 Å². The summed E-state index contributed by atoms with van der Waals surface area (Å²) in [7, 11) is -3.11. The van der Waals surface area contributed by atoms with E-state index in [9.17, 15) is 26.8 Å². The van der Waals surface area contributed by atoms with Crippen LogP contribution in [-0.4, -0.2) is 57.6 Å². The fourth-order valence-corrected chi connectivity index (χ4v) is 2.38. The Hall–Kier alpha value is -2.01. The molecule has 0 bridgehead atoms. The quantitative estimate of drug-likeness (QED) is 0.394. The largest absolute Gasteiger partial charge is 0.457 e. The standard InChI is InChI=1S/C13H15BF2O7S/c14-5-9-3-1-2-4-10(9)12(18)22-6-11(17)23-7-13(15,16)8-24(19,20)21/h1-4H,5-8,14H2,(H,19,20,21). The molecule has 0 saturated carbocycles. The Balaban J connectivity index is 2.50. The number of hydrogen-bond acceptors (Lipinski definition) is 6. The molecule has 0 aliphatic rings. The van der Waals surface area contributed by atoms with Crippen molar-refractivity contribution in [3.63, 3.8) is 0 Å². The Morgan fingerprint density at radius 2 is 1.83 bits per heavy atom. The van der Waals surface area contributed by atoms with Crippen LogP contribution in [-0.2, 0) is 30.7 Å². The second kappa shape index (κ2) is 8.20. The van der Waals surface area contributed by atoms with Gasteiger partial charge in [-0.2, -0.15) is 8.42 Å². The monoisotopic (exact) mass is 364 g/mol. The molecule has 1 N–H and O–H groups in total. The van der Waals surface area contributed by atoms with E-state index in [2.05, 4.69) is 9.47 Å². The third-order valence-corrected chi connectivity index (χ3v) is 3.56. The van der Waals surface area contributed by atoms with Crippen LogP contribution in [0.3, 0.4) is 0 Å². The van der Waals surface area contributed by atoms with Gasteiger partial charge in [0, 0.05) is 0 Å². The summed E-state index contributed by atoms with van der Waals surface area (Å²) in [6, 6.07) is 6.52. The van der Waals surface area contributed by atoms with E-state index in [4.69, 9.17) is 4.55 Å². The van der Waals surface area contributed by atoms with Crippen molar-refractivity contribution in [2.24, 2.45) is 0 Å². The average molecular weight is 364 g/mol. The second-order valence-electron chi connectivity index (χ2n) is 4.83. The number of esters is 2. The maximum absolute atomic E-state index is 13.1. The van der Waals surface area contributed by atoms with Crippen LogP contribution in [0.5, 0.6) is 0 Å². The van der Waals surface area contributed by atoms with Gasteiger partial charge in [0.15, 0.2) is 13.2 Å². The Morgan fingerprint density at radius 3 is 2.42 bits per heavy atom. The van der Waals surface area contributed by atoms with Crippen LogP contribution >= 0.6 is 0 Å². The highest BCUT2D eigenvalue weighted by molar-refractivity contribution is 7.85. The number of alkyl halides is 2. The number of rotatable bonds is 8. The van der Waals surface area contributed by atoms with Crippen LogP contribution < -0.4 is 0 Å². The van der Waals surface area contributed by atoms with Gasteiger partial charge >= 0.3 is 11.9 Å². The van der Waals surface area contributed by atoms with Gasteiger partial charge in [-0.3, -0.25) is 4.55 Å². The molecule has 0 aliphatic carbocycles. The maximum atomic E-state index is 13.1. The van der Waals surface area contributed by atoms with Crippen LogP contribution in [0.2, 0.25) is 0 Å². The fraction of sp³-hybridized carbons (Fsp3) is 0.385. The molecule has 0 aliphatic heterocycles. The molecular weight excluding hydrogens is 349 g/mol. The van der Waals surface area contributed by atoms with Crippen LogP contribution in [0, 0.1) is 0 Å². The molecule has 0 amide bonds. The molecule has 0 unspecified atom stereocenters. The van der Waals surface area contributed by atoms with Crippen molar-refractivity contribution in [3.05, 3.63) is 35.4 Å². The third kappa shape index (κ3) is 7.05. The van der Waals surface area contributed by atoms with Gasteiger partial charge < -0.3 is 9.47 Å². The lowest BCUT2D eigenvalue weighted by Crippen LogP contribution is -2.34. The molecule has 0 atom stereocenters. The zero-order valence-electron chi connectivity index (χ0n) is 12.7. The number of carbonyl (C=O) groups excluding carboxylic acids is 2. The molecule has 0 spiro atoms. The normalized spacial score (nSPS) is 11.8. The topological polar surface area (TPSA) is 107 Å². The molecule has 1 aromatic rings. The Bertz CT molecular complexity index is 706. The van der Waals surface area contributed by atoms with Crippen LogP contribution in [0.1, 0.15) is 15.9 Å². The van der Waals surface area contributed by atoms with Gasteiger partial charge in [0.1, 0.15) is 13.6 Å². The minimum atomic E-state index is -4.93. The molecule has 1 rings (SSSR count). The first-order valence-electron chi connectivity index (χ1n) is 6.78. The lowest BCUT2D eigenvalue weighted by molar-refractivity contribution is -0.156. The first kappa shape index (κ1) is 20.0. The lowest BCUT2D eigenvalue weighted by Gasteiger charge is -2.14. The third-order valence-electron chi connectivity index (χ3n) is 2.78. The molecule has 132 valence electrons. The van der Waals surface area contributed by atoms with E-state index in [1.807, 2.05) is 7.85 Å². The van der Waals surface area contributed by atoms with E-state index >= 15 is 0 Å². The highest BCUT2D eigenvalue weighted by Crippen LogP contribution is 2.16. The molecular formula is C13H15BF2O7S. The Kier molecular flexibility index (Phi) is 6.85. The SMILES string of the molecule is BCc1ccccc1C(=O)OCC(=O)OCC(F)(F)CS(=O)(=O)O. The van der Waals surface area contributed by atoms with E-state index < -0.39 is 46.9 Å². The summed E-state index contributed by atoms with van der Waals surface area (Å²) < 4.78 is 64.2. The number of ether oxygens (including phenoxy) is 2. The van der Waals surface area contributed by atoms with E-state index in [-0.39, 0.29) is 5.56 Å². The summed E-state index contributed by atoms with van der Waals surface area (Å²) >= 11 is 0. The van der Waals surface area contributed by atoms with Gasteiger partial charge in [-0.1, -0.05) is 24.5 Å². The number of carbonyl (C=O) groups is 2. The average Bonchev–Trinajstić information content (AvgIpc) is 2.48. The van der Waals surface area contributed by atoms with Crippen LogP contribution in [0.15, 0.2) is 24.3 Å². The van der Waals surface area contributed by atoms with E-state index in [1.54, 1.807) is 18.2 Å². The maximum Gasteiger partial charge on any atom is 0.344 e. The van der Waals surface area contributed by atoms with Crippen molar-refractivity contribution in [1.82, 2.24) is 0 Å². The second-order valence-corrected chi connectivity index (χ2v) is 6.28. The molecule has 0 heterocycles. The molecule has 7 nitrogen and oxygen atoms in total. The van der Waals surface area contributed by atoms with Crippen LogP contribution in [0.25, 0.3) is 0 Å². The Morgan fingerprint density at radius 1 is 1.21 bits per heavy atom. The predicted octanol–water partition coefficient (Wildman–Crippen LogP) is 0.0428. The van der Waals surface area contributed by atoms with E-state index in [1.165, 1.54) is 6.07 Å². The van der Waals surface area contributed by atoms with Crippen molar-refractivity contribution in [2.45, 2.75) is 12.2 Å². The zero-order valence-corrected chi connectivity index (χ0v) is 13.5. The molecule has 0 saturated heterocycles. The summed E-state index contributed by atoms with van der Waals surface area (Å²) in [4.78, 5) is 23.1. The zero-order chi connectivity index (χ0) is 18.4. The van der Waals surface area contributed by atoms with Gasteiger partial charge in [0.25, 0.3) is 16.0 Å². The molecule has 24 heavy (non-hydrogen) atoms. The number of hydrogen-bond donors (Lipinski definition) is 1. The summed E-state index contributed by atoms with van der Waals surface area (Å²) in [6.45, 7) is -2.46.